The van der Waals surface area contributed by atoms with E-state index in [-0.39, 0.29) is 19.1 Å². The van der Waals surface area contributed by atoms with Gasteiger partial charge in [-0.25, -0.2) is 0 Å². The summed E-state index contributed by atoms with van der Waals surface area (Å²) in [5.74, 6) is 0.112. The summed E-state index contributed by atoms with van der Waals surface area (Å²) in [6, 6.07) is 22.2. The van der Waals surface area contributed by atoms with Crippen molar-refractivity contribution < 1.29 is 14.6 Å². The lowest BCUT2D eigenvalue weighted by Gasteiger charge is -2.13. The van der Waals surface area contributed by atoms with Crippen LogP contribution in [-0.4, -0.2) is 24.2 Å². The van der Waals surface area contributed by atoms with E-state index >= 15 is 0 Å². The zero-order chi connectivity index (χ0) is 18.4. The number of nitrogens with one attached hydrogen (secondary N) is 1. The summed E-state index contributed by atoms with van der Waals surface area (Å²) < 4.78 is 5.36. The van der Waals surface area contributed by atoms with Crippen molar-refractivity contribution in [1.82, 2.24) is 5.32 Å². The molecule has 0 aliphatic carbocycles. The highest BCUT2D eigenvalue weighted by atomic mass is 16.5. The van der Waals surface area contributed by atoms with E-state index in [1.807, 2.05) is 48.5 Å². The molecule has 0 aliphatic heterocycles. The van der Waals surface area contributed by atoms with Gasteiger partial charge in [-0.1, -0.05) is 42.5 Å². The van der Waals surface area contributed by atoms with Crippen molar-refractivity contribution in [3.05, 3.63) is 77.9 Å². The van der Waals surface area contributed by atoms with Crippen LogP contribution in [0.3, 0.4) is 0 Å². The molecule has 3 rings (SSSR count). The van der Waals surface area contributed by atoms with Crippen LogP contribution in [0.15, 0.2) is 66.7 Å². The van der Waals surface area contributed by atoms with E-state index in [1.54, 1.807) is 24.3 Å². The number of amides is 1. The zero-order valence-electron chi connectivity index (χ0n) is 14.1. The molecule has 0 bridgehead atoms. The third-order valence-corrected chi connectivity index (χ3v) is 3.98. The Morgan fingerprint density at radius 2 is 1.88 bits per heavy atom. The maximum absolute atomic E-state index is 11.9. The normalized spacial score (nSPS) is 11.5. The van der Waals surface area contributed by atoms with Gasteiger partial charge in [-0.05, 0) is 40.6 Å². The van der Waals surface area contributed by atoms with Gasteiger partial charge in [-0.3, -0.25) is 4.79 Å². The summed E-state index contributed by atoms with van der Waals surface area (Å²) >= 11 is 0. The van der Waals surface area contributed by atoms with E-state index in [1.165, 1.54) is 0 Å². The second kappa shape index (κ2) is 8.15. The number of nitrogens with zero attached hydrogens (tertiary/aromatic N) is 1. The molecule has 0 saturated carbocycles. The lowest BCUT2D eigenvalue weighted by atomic mass is 10.0. The summed E-state index contributed by atoms with van der Waals surface area (Å²) in [5.41, 5.74) is 1.21. The lowest BCUT2D eigenvalue weighted by Crippen LogP contribution is -2.32. The van der Waals surface area contributed by atoms with Crippen molar-refractivity contribution >= 4 is 16.7 Å². The molecule has 5 nitrogen and oxygen atoms in total. The van der Waals surface area contributed by atoms with Crippen LogP contribution in [0.2, 0.25) is 0 Å². The van der Waals surface area contributed by atoms with Gasteiger partial charge in [0.1, 0.15) is 5.75 Å². The predicted molar refractivity (Wildman–Crippen MR) is 98.6 cm³/mol. The second-order valence-corrected chi connectivity index (χ2v) is 5.85. The fourth-order valence-electron chi connectivity index (χ4n) is 2.60. The average molecular weight is 346 g/mol. The Hall–Kier alpha value is -3.36. The molecule has 5 heteroatoms. The van der Waals surface area contributed by atoms with Gasteiger partial charge in [0.15, 0.2) is 6.61 Å². The van der Waals surface area contributed by atoms with Crippen LogP contribution in [0.25, 0.3) is 10.8 Å². The van der Waals surface area contributed by atoms with E-state index in [2.05, 4.69) is 5.32 Å². The minimum absolute atomic E-state index is 0.0960. The summed E-state index contributed by atoms with van der Waals surface area (Å²) in [5, 5.41) is 23.9. The van der Waals surface area contributed by atoms with Gasteiger partial charge in [0, 0.05) is 6.54 Å². The largest absolute Gasteiger partial charge is 0.484 e. The van der Waals surface area contributed by atoms with E-state index in [0.717, 1.165) is 16.3 Å². The smallest absolute Gasteiger partial charge is 0.258 e. The number of hydrogen-bond donors (Lipinski definition) is 2. The number of fused-ring (bicyclic) bond motifs is 1. The number of hydrogen-bond acceptors (Lipinski definition) is 4. The second-order valence-electron chi connectivity index (χ2n) is 5.85. The Kier molecular flexibility index (Phi) is 5.47. The van der Waals surface area contributed by atoms with Gasteiger partial charge >= 0.3 is 0 Å². The molecule has 0 radical (unpaired) electrons. The van der Waals surface area contributed by atoms with Gasteiger partial charge < -0.3 is 15.2 Å². The van der Waals surface area contributed by atoms with Crippen molar-refractivity contribution in [2.45, 2.75) is 6.10 Å². The number of rotatable bonds is 6. The van der Waals surface area contributed by atoms with Crippen molar-refractivity contribution in [3.8, 4) is 11.8 Å². The van der Waals surface area contributed by atoms with Gasteiger partial charge in [0.2, 0.25) is 0 Å². The highest BCUT2D eigenvalue weighted by Crippen LogP contribution is 2.20. The Morgan fingerprint density at radius 1 is 1.08 bits per heavy atom. The molecule has 0 spiro atoms. The van der Waals surface area contributed by atoms with Crippen molar-refractivity contribution in [1.29, 1.82) is 5.26 Å². The molecule has 0 aliphatic rings. The number of nitriles is 1. The molecule has 130 valence electrons. The van der Waals surface area contributed by atoms with Gasteiger partial charge in [0.05, 0.1) is 17.7 Å². The molecule has 0 heterocycles. The van der Waals surface area contributed by atoms with Crippen LogP contribution in [0.5, 0.6) is 5.75 Å². The molecule has 3 aromatic rings. The van der Waals surface area contributed by atoms with Crippen LogP contribution >= 0.6 is 0 Å². The first-order valence-corrected chi connectivity index (χ1v) is 8.22. The first-order chi connectivity index (χ1) is 12.7. The van der Waals surface area contributed by atoms with Crippen LogP contribution in [0.1, 0.15) is 17.2 Å². The van der Waals surface area contributed by atoms with Gasteiger partial charge in [-0.15, -0.1) is 0 Å². The summed E-state index contributed by atoms with van der Waals surface area (Å²) in [7, 11) is 0. The van der Waals surface area contributed by atoms with E-state index in [9.17, 15) is 9.90 Å². The summed E-state index contributed by atoms with van der Waals surface area (Å²) in [6.45, 7) is -0.0852. The highest BCUT2D eigenvalue weighted by molar-refractivity contribution is 5.83. The molecule has 0 fully saturated rings. The number of ether oxygens (including phenoxy) is 1. The molecular weight excluding hydrogens is 328 g/mol. The number of carbonyl (C=O) groups excluding carboxylic acids is 1. The number of aliphatic hydroxyl groups excluding tert-OH is 1. The number of benzene rings is 3. The Balaban J connectivity index is 1.52. The zero-order valence-corrected chi connectivity index (χ0v) is 14.1. The molecule has 3 aromatic carbocycles. The quantitative estimate of drug-likeness (QED) is 0.719. The Morgan fingerprint density at radius 3 is 2.69 bits per heavy atom. The highest BCUT2D eigenvalue weighted by Gasteiger charge is 2.11. The maximum Gasteiger partial charge on any atom is 0.258 e. The Labute approximate surface area is 151 Å². The fourth-order valence-corrected chi connectivity index (χ4v) is 2.60. The van der Waals surface area contributed by atoms with E-state index in [0.29, 0.717) is 11.3 Å². The van der Waals surface area contributed by atoms with Crippen molar-refractivity contribution in [2.24, 2.45) is 0 Å². The molecule has 0 unspecified atom stereocenters. The standard InChI is InChI=1S/C21H18N2O3/c22-12-15-4-3-7-19(10-15)26-14-21(25)23-13-20(24)18-9-8-16-5-1-2-6-17(16)11-18/h1-11,20,24H,13-14H2,(H,23,25)/t20-/m1/s1. The maximum atomic E-state index is 11.9. The predicted octanol–water partition coefficient (Wildman–Crippen LogP) is 2.94. The molecule has 26 heavy (non-hydrogen) atoms. The van der Waals surface area contributed by atoms with Crippen molar-refractivity contribution in [3.63, 3.8) is 0 Å². The van der Waals surface area contributed by atoms with Crippen LogP contribution in [0, 0.1) is 11.3 Å². The van der Waals surface area contributed by atoms with Crippen molar-refractivity contribution in [2.75, 3.05) is 13.2 Å². The molecule has 1 amide bonds. The lowest BCUT2D eigenvalue weighted by molar-refractivity contribution is -0.123. The number of aliphatic hydroxyl groups is 1. The topological polar surface area (TPSA) is 82.3 Å². The molecule has 1 atom stereocenters. The molecule has 0 saturated heterocycles. The summed E-state index contributed by atoms with van der Waals surface area (Å²) in [4.78, 5) is 11.9. The average Bonchev–Trinajstić information content (AvgIpc) is 2.70. The first-order valence-electron chi connectivity index (χ1n) is 8.22. The first kappa shape index (κ1) is 17.5. The minimum Gasteiger partial charge on any atom is -0.484 e. The molecular formula is C21H18N2O3. The Bertz CT molecular complexity index is 963. The van der Waals surface area contributed by atoms with Gasteiger partial charge in [-0.2, -0.15) is 5.26 Å². The molecule has 0 aromatic heterocycles. The number of carbonyl (C=O) groups is 1. The SMILES string of the molecule is N#Cc1cccc(OCC(=O)NC[C@@H](O)c2ccc3ccccc3c2)c1. The van der Waals surface area contributed by atoms with E-state index < -0.39 is 6.10 Å². The molecule has 2 N–H and O–H groups in total. The third kappa shape index (κ3) is 4.38. The van der Waals surface area contributed by atoms with Crippen LogP contribution in [-0.2, 0) is 4.79 Å². The van der Waals surface area contributed by atoms with Crippen LogP contribution < -0.4 is 10.1 Å². The van der Waals surface area contributed by atoms with Crippen LogP contribution in [0.4, 0.5) is 0 Å². The fraction of sp³-hybridized carbons (Fsp3) is 0.143. The van der Waals surface area contributed by atoms with E-state index in [4.69, 9.17) is 10.00 Å². The summed E-state index contributed by atoms with van der Waals surface area (Å²) in [6.07, 6.45) is -0.800. The van der Waals surface area contributed by atoms with Gasteiger partial charge in [0.25, 0.3) is 5.91 Å². The monoisotopic (exact) mass is 346 g/mol. The third-order valence-electron chi connectivity index (χ3n) is 3.98. The minimum atomic E-state index is -0.800.